The molecule has 5 heterocycles. The molecule has 1 aliphatic carbocycles. The SMILES string of the molecule is O=C1c2c(nc(OC[C@@]34CCCN3C[C@H](F)C4)nc2N2CCCC[C@@H](O)C2)CN1c1cc(O)cc(Cl)c1C1CC1. The van der Waals surface area contributed by atoms with E-state index in [0.29, 0.717) is 66.9 Å². The smallest absolute Gasteiger partial charge is 0.318 e. The number of fused-ring (bicyclic) bond motifs is 2. The number of benzene rings is 1. The Kier molecular flexibility index (Phi) is 6.55. The minimum absolute atomic E-state index is 0.00207. The molecular formula is C29H35ClFN5O4. The molecule has 3 atom stereocenters. The van der Waals surface area contributed by atoms with Crippen molar-refractivity contribution in [3.63, 3.8) is 0 Å². The molecule has 214 valence electrons. The molecule has 11 heteroatoms. The van der Waals surface area contributed by atoms with Gasteiger partial charge < -0.3 is 24.7 Å². The standard InChI is InChI=1S/C29H35ClFN5O4/c30-21-10-20(38)11-23(24(21)17-5-6-17)36-15-22-25(27(36)39)26(34-8-2-1-4-19(37)14-34)33-28(32-22)40-16-29-7-3-9-35(29)13-18(31)12-29/h10-11,17-19,37-38H,1-9,12-16H2/t18-,19-,29+/m1/s1. The Morgan fingerprint density at radius 2 is 1.98 bits per heavy atom. The Morgan fingerprint density at radius 1 is 1.12 bits per heavy atom. The van der Waals surface area contributed by atoms with Gasteiger partial charge >= 0.3 is 6.01 Å². The second-order valence-electron chi connectivity index (χ2n) is 12.1. The molecule has 1 aromatic carbocycles. The monoisotopic (exact) mass is 571 g/mol. The summed E-state index contributed by atoms with van der Waals surface area (Å²) in [5, 5.41) is 21.4. The number of phenols is 1. The highest BCUT2D eigenvalue weighted by atomic mass is 35.5. The summed E-state index contributed by atoms with van der Waals surface area (Å²) in [7, 11) is 0. The number of halogens is 2. The van der Waals surface area contributed by atoms with Crippen molar-refractivity contribution < 1.29 is 24.1 Å². The van der Waals surface area contributed by atoms with Crippen LogP contribution in [0, 0.1) is 0 Å². The zero-order valence-corrected chi connectivity index (χ0v) is 23.2. The number of nitrogens with zero attached hydrogens (tertiary/aromatic N) is 5. The Balaban J connectivity index is 1.25. The average Bonchev–Trinajstić information content (AvgIpc) is 3.55. The van der Waals surface area contributed by atoms with Crippen LogP contribution in [0.15, 0.2) is 12.1 Å². The van der Waals surface area contributed by atoms with Crippen LogP contribution in [-0.4, -0.2) is 81.6 Å². The molecule has 9 nitrogen and oxygen atoms in total. The molecule has 4 fully saturated rings. The van der Waals surface area contributed by atoms with E-state index in [1.807, 2.05) is 4.90 Å². The van der Waals surface area contributed by atoms with Crippen LogP contribution >= 0.6 is 11.6 Å². The normalized spacial score (nSPS) is 28.6. The van der Waals surface area contributed by atoms with Gasteiger partial charge in [-0.3, -0.25) is 9.69 Å². The number of carbonyl (C=O) groups is 1. The second kappa shape index (κ2) is 9.99. The second-order valence-corrected chi connectivity index (χ2v) is 12.5. The highest BCUT2D eigenvalue weighted by molar-refractivity contribution is 6.32. The van der Waals surface area contributed by atoms with Crippen LogP contribution in [0.2, 0.25) is 5.02 Å². The van der Waals surface area contributed by atoms with Gasteiger partial charge in [0.2, 0.25) is 0 Å². The van der Waals surface area contributed by atoms with Gasteiger partial charge in [0.25, 0.3) is 5.91 Å². The summed E-state index contributed by atoms with van der Waals surface area (Å²) in [6.45, 7) is 2.80. The van der Waals surface area contributed by atoms with E-state index in [0.717, 1.165) is 50.6 Å². The van der Waals surface area contributed by atoms with Crippen molar-refractivity contribution >= 4 is 29.0 Å². The van der Waals surface area contributed by atoms with Crippen molar-refractivity contribution in [3.8, 4) is 11.8 Å². The maximum Gasteiger partial charge on any atom is 0.318 e. The third-order valence-corrected chi connectivity index (χ3v) is 9.57. The molecule has 0 spiro atoms. The van der Waals surface area contributed by atoms with E-state index >= 15 is 0 Å². The van der Waals surface area contributed by atoms with E-state index in [2.05, 4.69) is 4.90 Å². The lowest BCUT2D eigenvalue weighted by atomic mass is 9.95. The quantitative estimate of drug-likeness (QED) is 0.532. The fourth-order valence-electron chi connectivity index (χ4n) is 7.20. The largest absolute Gasteiger partial charge is 0.508 e. The van der Waals surface area contributed by atoms with Crippen LogP contribution in [0.3, 0.4) is 0 Å². The number of alkyl halides is 1. The van der Waals surface area contributed by atoms with E-state index in [-0.39, 0.29) is 35.7 Å². The molecule has 1 aromatic heterocycles. The number of amides is 1. The zero-order chi connectivity index (χ0) is 27.6. The van der Waals surface area contributed by atoms with Crippen LogP contribution < -0.4 is 14.5 Å². The highest BCUT2D eigenvalue weighted by Crippen LogP contribution is 2.50. The molecule has 0 radical (unpaired) electrons. The van der Waals surface area contributed by atoms with Crippen LogP contribution in [0.1, 0.15) is 78.9 Å². The molecule has 0 unspecified atom stereocenters. The Morgan fingerprint density at radius 3 is 2.80 bits per heavy atom. The summed E-state index contributed by atoms with van der Waals surface area (Å²) >= 11 is 6.56. The predicted molar refractivity (Wildman–Crippen MR) is 148 cm³/mol. The summed E-state index contributed by atoms with van der Waals surface area (Å²) in [4.78, 5) is 29.3. The number of ether oxygens (including phenoxy) is 1. The lowest BCUT2D eigenvalue weighted by Crippen LogP contribution is -2.43. The van der Waals surface area contributed by atoms with Gasteiger partial charge in [-0.2, -0.15) is 9.97 Å². The number of hydrogen-bond donors (Lipinski definition) is 2. The van der Waals surface area contributed by atoms with Crippen molar-refractivity contribution in [1.82, 2.24) is 14.9 Å². The van der Waals surface area contributed by atoms with Crippen molar-refractivity contribution in [2.45, 2.75) is 81.6 Å². The molecule has 7 rings (SSSR count). The third kappa shape index (κ3) is 4.58. The van der Waals surface area contributed by atoms with E-state index in [9.17, 15) is 19.4 Å². The number of aliphatic hydroxyl groups excluding tert-OH is 1. The summed E-state index contributed by atoms with van der Waals surface area (Å²) < 4.78 is 20.6. The number of hydrogen-bond acceptors (Lipinski definition) is 8. The summed E-state index contributed by atoms with van der Waals surface area (Å²) in [6.07, 6.45) is 5.37. The van der Waals surface area contributed by atoms with Crippen molar-refractivity contribution in [1.29, 1.82) is 0 Å². The lowest BCUT2D eigenvalue weighted by Gasteiger charge is -2.31. The average molecular weight is 572 g/mol. The van der Waals surface area contributed by atoms with Crippen molar-refractivity contribution in [3.05, 3.63) is 34.0 Å². The summed E-state index contributed by atoms with van der Waals surface area (Å²) in [5.41, 5.74) is 2.06. The number of phenolic OH excluding ortho intramolecular Hbond substituents is 1. The number of aliphatic hydroxyl groups is 1. The minimum atomic E-state index is -0.861. The van der Waals surface area contributed by atoms with E-state index in [4.69, 9.17) is 26.3 Å². The maximum atomic E-state index is 14.3. The van der Waals surface area contributed by atoms with Gasteiger partial charge in [0.1, 0.15) is 29.9 Å². The Hall–Kier alpha value is -2.69. The molecular weight excluding hydrogens is 537 g/mol. The molecule has 40 heavy (non-hydrogen) atoms. The summed E-state index contributed by atoms with van der Waals surface area (Å²) in [5.74, 6) is 0.463. The molecule has 4 aliphatic heterocycles. The van der Waals surface area contributed by atoms with Crippen molar-refractivity contribution in [2.24, 2.45) is 0 Å². The van der Waals surface area contributed by atoms with Crippen molar-refractivity contribution in [2.75, 3.05) is 42.6 Å². The minimum Gasteiger partial charge on any atom is -0.508 e. The number of β-amino-alcohol motifs (C(OH)–C–C–N with tert-alkyl or cyclic N) is 1. The molecule has 1 amide bonds. The number of aromatic nitrogens is 2. The number of rotatable bonds is 6. The molecule has 0 bridgehead atoms. The number of anilines is 2. The number of aromatic hydroxyl groups is 1. The van der Waals surface area contributed by atoms with E-state index in [1.54, 1.807) is 11.0 Å². The van der Waals surface area contributed by atoms with Gasteiger partial charge in [-0.15, -0.1) is 0 Å². The Labute approximate surface area is 237 Å². The highest BCUT2D eigenvalue weighted by Gasteiger charge is 2.49. The molecule has 3 saturated heterocycles. The molecule has 2 N–H and O–H groups in total. The fourth-order valence-corrected chi connectivity index (χ4v) is 7.56. The van der Waals surface area contributed by atoms with Crippen LogP contribution in [0.25, 0.3) is 0 Å². The first-order chi connectivity index (χ1) is 19.3. The molecule has 5 aliphatic rings. The third-order valence-electron chi connectivity index (χ3n) is 9.26. The topological polar surface area (TPSA) is 102 Å². The van der Waals surface area contributed by atoms with Gasteiger partial charge in [-0.1, -0.05) is 11.6 Å². The number of carbonyl (C=O) groups excluding carboxylic acids is 1. The van der Waals surface area contributed by atoms with Gasteiger partial charge in [-0.05, 0) is 69.0 Å². The van der Waals surface area contributed by atoms with Crippen LogP contribution in [0.4, 0.5) is 15.9 Å². The van der Waals surface area contributed by atoms with Gasteiger partial charge in [0.05, 0.1) is 29.6 Å². The van der Waals surface area contributed by atoms with Gasteiger partial charge in [0, 0.05) is 37.1 Å². The molecule has 2 aromatic rings. The predicted octanol–water partition coefficient (Wildman–Crippen LogP) is 4.18. The van der Waals surface area contributed by atoms with Gasteiger partial charge in [0.15, 0.2) is 0 Å². The molecule has 1 saturated carbocycles. The zero-order valence-electron chi connectivity index (χ0n) is 22.5. The first-order valence-electron chi connectivity index (χ1n) is 14.5. The van der Waals surface area contributed by atoms with E-state index in [1.165, 1.54) is 6.07 Å². The first-order valence-corrected chi connectivity index (χ1v) is 14.9. The van der Waals surface area contributed by atoms with Gasteiger partial charge in [-0.25, -0.2) is 4.39 Å². The Bertz CT molecular complexity index is 1340. The lowest BCUT2D eigenvalue weighted by molar-refractivity contribution is 0.0995. The van der Waals surface area contributed by atoms with Crippen LogP contribution in [0.5, 0.6) is 11.8 Å². The maximum absolute atomic E-state index is 14.3. The first kappa shape index (κ1) is 26.2. The fraction of sp³-hybridized carbons (Fsp3) is 0.621. The summed E-state index contributed by atoms with van der Waals surface area (Å²) in [6, 6.07) is 3.30. The van der Waals surface area contributed by atoms with Crippen LogP contribution in [-0.2, 0) is 6.54 Å². The van der Waals surface area contributed by atoms with E-state index < -0.39 is 12.3 Å².